The second-order valence-electron chi connectivity index (χ2n) is 7.85. The summed E-state index contributed by atoms with van der Waals surface area (Å²) in [6.45, 7) is 3.17. The van der Waals surface area contributed by atoms with E-state index in [-0.39, 0.29) is 5.91 Å². The van der Waals surface area contributed by atoms with Crippen LogP contribution in [-0.4, -0.2) is 61.2 Å². The molecule has 8 heteroatoms. The standard InChI is InChI=1S/C25H35N5O2S/c1-30(2)20-22-13-16-27-24(19-22)32-18-7-6-14-26-23(31)11-8-15-28-25(33)29-17-12-21-9-4-3-5-10-21/h3-7,9-10,13,16,19H,8,11-12,14-15,17-18,20H2,1-2H3,(H,26,31)(H2,28,29,33)/b7-6-. The number of hydrogen-bond donors (Lipinski definition) is 3. The fraction of sp³-hybridized carbons (Fsp3) is 0.400. The topological polar surface area (TPSA) is 78.5 Å². The average molecular weight is 470 g/mol. The molecule has 0 saturated carbocycles. The zero-order chi connectivity index (χ0) is 23.7. The number of hydrogen-bond acceptors (Lipinski definition) is 5. The lowest BCUT2D eigenvalue weighted by Crippen LogP contribution is -2.37. The third kappa shape index (κ3) is 12.6. The lowest BCUT2D eigenvalue weighted by atomic mass is 10.1. The highest BCUT2D eigenvalue weighted by Crippen LogP contribution is 2.10. The van der Waals surface area contributed by atoms with Crippen molar-refractivity contribution < 1.29 is 9.53 Å². The Morgan fingerprint density at radius 2 is 1.85 bits per heavy atom. The molecule has 0 aliphatic heterocycles. The summed E-state index contributed by atoms with van der Waals surface area (Å²) in [5, 5.41) is 9.82. The van der Waals surface area contributed by atoms with Crippen molar-refractivity contribution in [1.29, 1.82) is 0 Å². The normalized spacial score (nSPS) is 10.9. The summed E-state index contributed by atoms with van der Waals surface area (Å²) in [4.78, 5) is 18.2. The Balaban J connectivity index is 1.47. The van der Waals surface area contributed by atoms with Gasteiger partial charge in [0.1, 0.15) is 6.61 Å². The molecule has 0 unspecified atom stereocenters. The molecule has 1 amide bonds. The van der Waals surface area contributed by atoms with Gasteiger partial charge in [-0.2, -0.15) is 0 Å². The largest absolute Gasteiger partial charge is 0.473 e. The molecule has 1 aromatic carbocycles. The predicted molar refractivity (Wildman–Crippen MR) is 137 cm³/mol. The van der Waals surface area contributed by atoms with Gasteiger partial charge in [0.2, 0.25) is 11.8 Å². The highest BCUT2D eigenvalue weighted by molar-refractivity contribution is 7.80. The molecular formula is C25H35N5O2S. The van der Waals surface area contributed by atoms with E-state index < -0.39 is 0 Å². The monoisotopic (exact) mass is 469 g/mol. The average Bonchev–Trinajstić information content (AvgIpc) is 2.79. The van der Waals surface area contributed by atoms with E-state index in [4.69, 9.17) is 17.0 Å². The van der Waals surface area contributed by atoms with Crippen molar-refractivity contribution in [3.63, 3.8) is 0 Å². The fourth-order valence-electron chi connectivity index (χ4n) is 3.02. The molecule has 178 valence electrons. The molecule has 1 heterocycles. The highest BCUT2D eigenvalue weighted by atomic mass is 32.1. The minimum absolute atomic E-state index is 0.0170. The molecule has 3 N–H and O–H groups in total. The number of benzene rings is 1. The second kappa shape index (κ2) is 15.8. The van der Waals surface area contributed by atoms with Gasteiger partial charge in [0.15, 0.2) is 5.11 Å². The van der Waals surface area contributed by atoms with Gasteiger partial charge in [-0.05, 0) is 62.4 Å². The number of nitrogens with zero attached hydrogens (tertiary/aromatic N) is 2. The van der Waals surface area contributed by atoms with Gasteiger partial charge in [-0.3, -0.25) is 4.79 Å². The van der Waals surface area contributed by atoms with Crippen LogP contribution in [0.4, 0.5) is 0 Å². The van der Waals surface area contributed by atoms with Gasteiger partial charge < -0.3 is 25.6 Å². The highest BCUT2D eigenvalue weighted by Gasteiger charge is 2.01. The number of thiocarbonyl (C=S) groups is 1. The summed E-state index contributed by atoms with van der Waals surface area (Å²) in [5.41, 5.74) is 2.43. The van der Waals surface area contributed by atoms with Crippen molar-refractivity contribution in [1.82, 2.24) is 25.8 Å². The Morgan fingerprint density at radius 3 is 2.64 bits per heavy atom. The molecule has 0 atom stereocenters. The van der Waals surface area contributed by atoms with E-state index in [1.165, 1.54) is 5.56 Å². The van der Waals surface area contributed by atoms with Gasteiger partial charge in [0, 0.05) is 44.9 Å². The van der Waals surface area contributed by atoms with Gasteiger partial charge in [0.25, 0.3) is 0 Å². The van der Waals surface area contributed by atoms with Gasteiger partial charge in [0.05, 0.1) is 0 Å². The lowest BCUT2D eigenvalue weighted by molar-refractivity contribution is -0.120. The minimum atomic E-state index is 0.0170. The minimum Gasteiger partial charge on any atom is -0.473 e. The Morgan fingerprint density at radius 1 is 1.06 bits per heavy atom. The summed E-state index contributed by atoms with van der Waals surface area (Å²) >= 11 is 5.27. The molecular weight excluding hydrogens is 434 g/mol. The van der Waals surface area contributed by atoms with Crippen LogP contribution >= 0.6 is 12.2 Å². The number of pyridine rings is 1. The van der Waals surface area contributed by atoms with Crippen LogP contribution in [0.1, 0.15) is 24.0 Å². The van der Waals surface area contributed by atoms with Crippen molar-refractivity contribution in [3.05, 3.63) is 71.9 Å². The molecule has 33 heavy (non-hydrogen) atoms. The van der Waals surface area contributed by atoms with Crippen LogP contribution in [0.5, 0.6) is 5.88 Å². The third-order valence-electron chi connectivity index (χ3n) is 4.62. The molecule has 2 rings (SSSR count). The summed E-state index contributed by atoms with van der Waals surface area (Å²) in [7, 11) is 4.05. The quantitative estimate of drug-likeness (QED) is 0.223. The van der Waals surface area contributed by atoms with Crippen LogP contribution in [0.15, 0.2) is 60.8 Å². The van der Waals surface area contributed by atoms with Gasteiger partial charge in [-0.25, -0.2) is 4.98 Å². The maximum atomic E-state index is 11.9. The third-order valence-corrected chi connectivity index (χ3v) is 4.91. The van der Waals surface area contributed by atoms with Gasteiger partial charge in [-0.1, -0.05) is 36.4 Å². The molecule has 0 spiro atoms. The number of nitrogens with one attached hydrogen (secondary N) is 3. The van der Waals surface area contributed by atoms with E-state index in [0.717, 1.165) is 25.1 Å². The molecule has 0 aliphatic carbocycles. The molecule has 0 aliphatic rings. The summed E-state index contributed by atoms with van der Waals surface area (Å²) in [6, 6.07) is 14.2. The number of amides is 1. The van der Waals surface area contributed by atoms with Crippen molar-refractivity contribution >= 4 is 23.2 Å². The molecule has 1 aromatic heterocycles. The number of rotatable bonds is 14. The maximum absolute atomic E-state index is 11.9. The zero-order valence-corrected chi connectivity index (χ0v) is 20.4. The first-order valence-electron chi connectivity index (χ1n) is 11.2. The molecule has 7 nitrogen and oxygen atoms in total. The van der Waals surface area contributed by atoms with Crippen LogP contribution in [0.3, 0.4) is 0 Å². The van der Waals surface area contributed by atoms with Crippen LogP contribution < -0.4 is 20.7 Å². The van der Waals surface area contributed by atoms with Crippen molar-refractivity contribution in [3.8, 4) is 5.88 Å². The fourth-order valence-corrected chi connectivity index (χ4v) is 3.22. The van der Waals surface area contributed by atoms with Crippen LogP contribution in [0.25, 0.3) is 0 Å². The molecule has 0 radical (unpaired) electrons. The van der Waals surface area contributed by atoms with Gasteiger partial charge >= 0.3 is 0 Å². The first-order valence-corrected chi connectivity index (χ1v) is 11.6. The number of aromatic nitrogens is 1. The Hall–Kier alpha value is -2.97. The number of carbonyl (C=O) groups is 1. The van der Waals surface area contributed by atoms with E-state index in [1.54, 1.807) is 6.20 Å². The molecule has 0 saturated heterocycles. The van der Waals surface area contributed by atoms with Crippen molar-refractivity contribution in [2.75, 3.05) is 40.3 Å². The van der Waals surface area contributed by atoms with Crippen LogP contribution in [0, 0.1) is 0 Å². The van der Waals surface area contributed by atoms with E-state index in [9.17, 15) is 4.79 Å². The van der Waals surface area contributed by atoms with Crippen LogP contribution in [0.2, 0.25) is 0 Å². The maximum Gasteiger partial charge on any atom is 0.220 e. The van der Waals surface area contributed by atoms with Crippen molar-refractivity contribution in [2.45, 2.75) is 25.8 Å². The lowest BCUT2D eigenvalue weighted by Gasteiger charge is -2.10. The van der Waals surface area contributed by atoms with E-state index in [2.05, 4.69) is 38.0 Å². The van der Waals surface area contributed by atoms with Crippen LogP contribution in [-0.2, 0) is 17.8 Å². The van der Waals surface area contributed by atoms with Crippen molar-refractivity contribution in [2.24, 2.45) is 0 Å². The molecule has 2 aromatic rings. The Bertz CT molecular complexity index is 874. The Labute approximate surface area is 202 Å². The first-order chi connectivity index (χ1) is 16.0. The summed E-state index contributed by atoms with van der Waals surface area (Å²) < 4.78 is 5.63. The molecule has 0 fully saturated rings. The smallest absolute Gasteiger partial charge is 0.220 e. The molecule has 0 bridgehead atoms. The predicted octanol–water partition coefficient (Wildman–Crippen LogP) is 2.68. The number of ether oxygens (including phenoxy) is 1. The van der Waals surface area contributed by atoms with E-state index in [1.807, 2.05) is 56.6 Å². The first kappa shape index (κ1) is 26.3. The zero-order valence-electron chi connectivity index (χ0n) is 19.5. The van der Waals surface area contributed by atoms with Gasteiger partial charge in [-0.15, -0.1) is 0 Å². The van der Waals surface area contributed by atoms with E-state index >= 15 is 0 Å². The SMILES string of the molecule is CN(C)Cc1ccnc(OC/C=C\CNC(=O)CCCNC(=S)NCCc2ccccc2)c1. The second-order valence-corrected chi connectivity index (χ2v) is 8.26. The van der Waals surface area contributed by atoms with E-state index in [0.29, 0.717) is 43.5 Å². The summed E-state index contributed by atoms with van der Waals surface area (Å²) in [6.07, 6.45) is 7.59. The Kier molecular flexibility index (Phi) is 12.6. The summed E-state index contributed by atoms with van der Waals surface area (Å²) in [5.74, 6) is 0.617. The number of carbonyl (C=O) groups excluding carboxylic acids is 1.